The van der Waals surface area contributed by atoms with Gasteiger partial charge < -0.3 is 5.32 Å². The summed E-state index contributed by atoms with van der Waals surface area (Å²) in [6, 6.07) is 0.313. The molecule has 1 aromatic heterocycles. The van der Waals surface area contributed by atoms with Crippen molar-refractivity contribution in [1.29, 1.82) is 0 Å². The van der Waals surface area contributed by atoms with Gasteiger partial charge >= 0.3 is 0 Å². The molecule has 0 aliphatic heterocycles. The Morgan fingerprint density at radius 1 is 1.50 bits per heavy atom. The van der Waals surface area contributed by atoms with Crippen LogP contribution in [0.4, 0.5) is 5.69 Å². The summed E-state index contributed by atoms with van der Waals surface area (Å²) >= 11 is 3.32. The molecule has 0 saturated carbocycles. The number of nitrogens with zero attached hydrogens (tertiary/aromatic N) is 2. The summed E-state index contributed by atoms with van der Waals surface area (Å²) in [5, 5.41) is 7.38. The van der Waals surface area contributed by atoms with E-state index < -0.39 is 0 Å². The van der Waals surface area contributed by atoms with E-state index >= 15 is 0 Å². The molecule has 0 amide bonds. The second-order valence-electron chi connectivity index (χ2n) is 4.93. The zero-order valence-corrected chi connectivity index (χ0v) is 13.7. The Labute approximate surface area is 129 Å². The van der Waals surface area contributed by atoms with Crippen LogP contribution in [0.25, 0.3) is 0 Å². The molecule has 0 aromatic carbocycles. The molecule has 0 spiro atoms. The molecule has 20 heavy (non-hydrogen) atoms. The number of terminal acetylenes is 1. The van der Waals surface area contributed by atoms with Crippen molar-refractivity contribution < 1.29 is 0 Å². The summed E-state index contributed by atoms with van der Waals surface area (Å²) in [5.41, 5.74) is 0.525. The summed E-state index contributed by atoms with van der Waals surface area (Å²) in [6.07, 6.45) is 12.9. The van der Waals surface area contributed by atoms with E-state index in [0.29, 0.717) is 10.5 Å². The van der Waals surface area contributed by atoms with Gasteiger partial charge in [0.25, 0.3) is 5.56 Å². The van der Waals surface area contributed by atoms with Crippen LogP contribution in [0.3, 0.4) is 0 Å². The van der Waals surface area contributed by atoms with Gasteiger partial charge in [-0.15, -0.1) is 6.42 Å². The van der Waals surface area contributed by atoms with Crippen molar-refractivity contribution in [2.24, 2.45) is 0 Å². The molecule has 0 aliphatic rings. The molecule has 4 nitrogen and oxygen atoms in total. The number of rotatable bonds is 8. The summed E-state index contributed by atoms with van der Waals surface area (Å²) in [5.74, 6) is 2.41. The minimum atomic E-state index is -0.203. The van der Waals surface area contributed by atoms with Crippen LogP contribution >= 0.6 is 15.9 Å². The van der Waals surface area contributed by atoms with Crippen LogP contribution in [-0.4, -0.2) is 15.8 Å². The smallest absolute Gasteiger partial charge is 0.284 e. The van der Waals surface area contributed by atoms with E-state index in [1.165, 1.54) is 30.4 Å². The van der Waals surface area contributed by atoms with Crippen LogP contribution in [0.15, 0.2) is 15.5 Å². The molecular formula is C15H22BrN3O. The molecule has 1 aromatic rings. The topological polar surface area (TPSA) is 46.9 Å². The van der Waals surface area contributed by atoms with Crippen molar-refractivity contribution in [3.05, 3.63) is 21.0 Å². The Kier molecular flexibility index (Phi) is 7.38. The lowest BCUT2D eigenvalue weighted by Gasteiger charge is -2.16. The van der Waals surface area contributed by atoms with Crippen LogP contribution in [0.5, 0.6) is 0 Å². The highest BCUT2D eigenvalue weighted by Gasteiger charge is 2.10. The van der Waals surface area contributed by atoms with Crippen LogP contribution in [0.1, 0.15) is 46.0 Å². The third-order valence-corrected chi connectivity index (χ3v) is 3.88. The summed E-state index contributed by atoms with van der Waals surface area (Å²) in [6.45, 7) is 4.51. The van der Waals surface area contributed by atoms with Gasteiger partial charge in [-0.25, -0.2) is 4.68 Å². The predicted molar refractivity (Wildman–Crippen MR) is 86.9 cm³/mol. The van der Waals surface area contributed by atoms with E-state index in [1.807, 2.05) is 0 Å². The molecule has 0 fully saturated rings. The van der Waals surface area contributed by atoms with Crippen molar-refractivity contribution in [2.75, 3.05) is 5.32 Å². The Morgan fingerprint density at radius 3 is 2.90 bits per heavy atom. The first-order valence-corrected chi connectivity index (χ1v) is 7.85. The average molecular weight is 340 g/mol. The van der Waals surface area contributed by atoms with Gasteiger partial charge in [-0.2, -0.15) is 5.10 Å². The van der Waals surface area contributed by atoms with Gasteiger partial charge in [0.05, 0.1) is 11.9 Å². The van der Waals surface area contributed by atoms with Gasteiger partial charge in [0.15, 0.2) is 0 Å². The number of hydrogen-bond acceptors (Lipinski definition) is 3. The standard InChI is InChI=1S/C15H22BrN3O/c1-4-6-7-8-9-12(3)18-13-11-17-19(10-5-2)15(20)14(13)16/h2,11-12,18H,4,6-10H2,1,3H3. The van der Waals surface area contributed by atoms with Gasteiger partial charge in [0, 0.05) is 6.04 Å². The van der Waals surface area contributed by atoms with Crippen molar-refractivity contribution in [2.45, 2.75) is 58.5 Å². The van der Waals surface area contributed by atoms with Crippen LogP contribution in [-0.2, 0) is 6.54 Å². The van der Waals surface area contributed by atoms with Crippen molar-refractivity contribution in [3.8, 4) is 12.3 Å². The van der Waals surface area contributed by atoms with E-state index in [1.54, 1.807) is 6.20 Å². The number of hydrogen-bond donors (Lipinski definition) is 1. The highest BCUT2D eigenvalue weighted by Crippen LogP contribution is 2.18. The first-order chi connectivity index (χ1) is 9.60. The van der Waals surface area contributed by atoms with Crippen LogP contribution in [0.2, 0.25) is 0 Å². The minimum Gasteiger partial charge on any atom is -0.380 e. The number of anilines is 1. The largest absolute Gasteiger partial charge is 0.380 e. The van der Waals surface area contributed by atoms with Crippen molar-refractivity contribution in [1.82, 2.24) is 9.78 Å². The monoisotopic (exact) mass is 339 g/mol. The molecule has 110 valence electrons. The number of unbranched alkanes of at least 4 members (excludes halogenated alkanes) is 3. The molecule has 1 unspecified atom stereocenters. The molecule has 5 heteroatoms. The number of aromatic nitrogens is 2. The van der Waals surface area contributed by atoms with E-state index in [9.17, 15) is 4.79 Å². The van der Waals surface area contributed by atoms with E-state index in [4.69, 9.17) is 6.42 Å². The predicted octanol–water partition coefficient (Wildman–Crippen LogP) is 3.41. The van der Waals surface area contributed by atoms with Crippen LogP contribution < -0.4 is 10.9 Å². The number of nitrogens with one attached hydrogen (secondary N) is 1. The van der Waals surface area contributed by atoms with E-state index in [2.05, 4.69) is 46.1 Å². The zero-order valence-electron chi connectivity index (χ0n) is 12.2. The van der Waals surface area contributed by atoms with Crippen molar-refractivity contribution >= 4 is 21.6 Å². The summed E-state index contributed by atoms with van der Waals surface area (Å²) < 4.78 is 1.75. The maximum atomic E-state index is 12.0. The van der Waals surface area contributed by atoms with Gasteiger partial charge in [-0.05, 0) is 29.3 Å². The van der Waals surface area contributed by atoms with Crippen LogP contribution in [0, 0.1) is 12.3 Å². The highest BCUT2D eigenvalue weighted by atomic mass is 79.9. The third-order valence-electron chi connectivity index (χ3n) is 3.12. The Morgan fingerprint density at radius 2 is 2.25 bits per heavy atom. The first-order valence-electron chi connectivity index (χ1n) is 7.05. The SMILES string of the molecule is C#CCn1ncc(NC(C)CCCCCC)c(Br)c1=O. The zero-order chi connectivity index (χ0) is 15.0. The molecule has 1 atom stereocenters. The molecule has 0 radical (unpaired) electrons. The fraction of sp³-hybridized carbons (Fsp3) is 0.600. The van der Waals surface area contributed by atoms with Crippen molar-refractivity contribution in [3.63, 3.8) is 0 Å². The second-order valence-corrected chi connectivity index (χ2v) is 5.73. The average Bonchev–Trinajstić information content (AvgIpc) is 2.43. The lowest BCUT2D eigenvalue weighted by molar-refractivity contribution is 0.592. The van der Waals surface area contributed by atoms with E-state index in [0.717, 1.165) is 12.1 Å². The molecule has 1 rings (SSSR count). The molecule has 1 heterocycles. The summed E-state index contributed by atoms with van der Waals surface area (Å²) in [7, 11) is 0. The lowest BCUT2D eigenvalue weighted by atomic mass is 10.1. The summed E-state index contributed by atoms with van der Waals surface area (Å²) in [4.78, 5) is 12.0. The maximum Gasteiger partial charge on any atom is 0.284 e. The highest BCUT2D eigenvalue weighted by molar-refractivity contribution is 9.10. The maximum absolute atomic E-state index is 12.0. The quantitative estimate of drug-likeness (QED) is 0.583. The first kappa shape index (κ1) is 16.8. The Balaban J connectivity index is 2.62. The third kappa shape index (κ3) is 5.01. The molecular weight excluding hydrogens is 318 g/mol. The lowest BCUT2D eigenvalue weighted by Crippen LogP contribution is -2.25. The van der Waals surface area contributed by atoms with Gasteiger partial charge in [0.1, 0.15) is 11.0 Å². The Bertz CT molecular complexity index is 519. The molecule has 1 N–H and O–H groups in total. The fourth-order valence-corrected chi connectivity index (χ4v) is 2.40. The minimum absolute atomic E-state index is 0.185. The second kappa shape index (κ2) is 8.80. The van der Waals surface area contributed by atoms with Gasteiger partial charge in [0.2, 0.25) is 0 Å². The molecule has 0 saturated heterocycles. The molecule has 0 aliphatic carbocycles. The molecule has 0 bridgehead atoms. The fourth-order valence-electron chi connectivity index (χ4n) is 1.98. The normalized spacial score (nSPS) is 11.9. The van der Waals surface area contributed by atoms with Gasteiger partial charge in [-0.3, -0.25) is 4.79 Å². The Hall–Kier alpha value is -1.28. The van der Waals surface area contributed by atoms with Gasteiger partial charge in [-0.1, -0.05) is 38.5 Å². The number of halogens is 1. The van der Waals surface area contributed by atoms with E-state index in [-0.39, 0.29) is 12.1 Å².